The third kappa shape index (κ3) is 1.99. The van der Waals surface area contributed by atoms with Gasteiger partial charge < -0.3 is 0 Å². The van der Waals surface area contributed by atoms with Gasteiger partial charge in [-0.05, 0) is 12.1 Å². The molecule has 0 aromatic heterocycles. The fourth-order valence-corrected chi connectivity index (χ4v) is 5.45. The molecule has 0 spiro atoms. The third-order valence-corrected chi connectivity index (χ3v) is 6.08. The van der Waals surface area contributed by atoms with Gasteiger partial charge in [-0.25, -0.2) is 0 Å². The minimum absolute atomic E-state index is 0.555. The topological polar surface area (TPSA) is 0 Å². The van der Waals surface area contributed by atoms with Crippen molar-refractivity contribution >= 4 is 22.7 Å². The zero-order chi connectivity index (χ0) is 8.23. The average molecular weight is 197 g/mol. The van der Waals surface area contributed by atoms with E-state index < -0.39 is 0 Å². The third-order valence-electron chi connectivity index (χ3n) is 1.98. The van der Waals surface area contributed by atoms with Gasteiger partial charge in [0, 0.05) is 23.1 Å². The molecule has 2 rings (SSSR count). The van der Waals surface area contributed by atoms with Gasteiger partial charge in [-0.1, -0.05) is 18.2 Å². The molecule has 0 aliphatic carbocycles. The monoisotopic (exact) mass is 197 g/mol. The first-order valence-electron chi connectivity index (χ1n) is 4.27. The molecular weight excluding hydrogens is 184 g/mol. The first-order valence-corrected chi connectivity index (χ1v) is 6.99. The average Bonchev–Trinajstić information content (AvgIpc) is 2.21. The second-order valence-corrected chi connectivity index (χ2v) is 6.51. The molecule has 1 atom stereocenters. The highest BCUT2D eigenvalue weighted by molar-refractivity contribution is 8.15. The molecule has 64 valence electrons. The van der Waals surface area contributed by atoms with E-state index in [0.29, 0.717) is 10.9 Å². The van der Waals surface area contributed by atoms with Crippen molar-refractivity contribution in [2.45, 2.75) is 11.3 Å². The Bertz CT molecular complexity index is 227. The SMILES string of the molecule is c1ccc([S+]2CCCSC2)cc1. The molecule has 1 unspecified atom stereocenters. The Morgan fingerprint density at radius 1 is 1.17 bits per heavy atom. The van der Waals surface area contributed by atoms with Crippen LogP contribution < -0.4 is 0 Å². The number of hydrogen-bond donors (Lipinski definition) is 0. The maximum absolute atomic E-state index is 2.27. The Morgan fingerprint density at radius 3 is 2.67 bits per heavy atom. The van der Waals surface area contributed by atoms with Gasteiger partial charge in [0.05, 0.1) is 0 Å². The van der Waals surface area contributed by atoms with Crippen molar-refractivity contribution in [3.63, 3.8) is 0 Å². The van der Waals surface area contributed by atoms with Gasteiger partial charge >= 0.3 is 0 Å². The Morgan fingerprint density at radius 2 is 2.00 bits per heavy atom. The van der Waals surface area contributed by atoms with Crippen molar-refractivity contribution in [3.05, 3.63) is 30.3 Å². The lowest BCUT2D eigenvalue weighted by molar-refractivity contribution is 1.10. The molecule has 1 aromatic rings. The summed E-state index contributed by atoms with van der Waals surface area (Å²) in [5.74, 6) is 2.79. The van der Waals surface area contributed by atoms with Crippen molar-refractivity contribution in [3.8, 4) is 0 Å². The maximum Gasteiger partial charge on any atom is 0.159 e. The molecule has 12 heavy (non-hydrogen) atoms. The molecule has 0 radical (unpaired) electrons. The molecule has 1 fully saturated rings. The highest BCUT2D eigenvalue weighted by Crippen LogP contribution is 2.24. The smallest absolute Gasteiger partial charge is 0.108 e. The predicted molar refractivity (Wildman–Crippen MR) is 58.9 cm³/mol. The summed E-state index contributed by atoms with van der Waals surface area (Å²) in [6.07, 6.45) is 1.41. The molecule has 0 saturated carbocycles. The van der Waals surface area contributed by atoms with Crippen LogP contribution in [0.3, 0.4) is 0 Å². The Labute approximate surface area is 81.1 Å². The van der Waals surface area contributed by atoms with Crippen LogP contribution in [-0.4, -0.2) is 16.6 Å². The number of hydrogen-bond acceptors (Lipinski definition) is 1. The minimum atomic E-state index is 0.555. The van der Waals surface area contributed by atoms with E-state index >= 15 is 0 Å². The Kier molecular flexibility index (Phi) is 3.01. The molecular formula is C10H13S2+. The number of benzene rings is 1. The zero-order valence-corrected chi connectivity index (χ0v) is 8.66. The summed E-state index contributed by atoms with van der Waals surface area (Å²) in [6, 6.07) is 11.0. The van der Waals surface area contributed by atoms with Crippen molar-refractivity contribution in [2.24, 2.45) is 0 Å². The molecule has 1 saturated heterocycles. The second kappa shape index (κ2) is 4.24. The van der Waals surface area contributed by atoms with Crippen LogP contribution in [-0.2, 0) is 10.9 Å². The molecule has 0 N–H and O–H groups in total. The van der Waals surface area contributed by atoms with E-state index in [1.165, 1.54) is 23.0 Å². The first-order chi connectivity index (χ1) is 5.97. The van der Waals surface area contributed by atoms with Gasteiger partial charge in [0.1, 0.15) is 5.75 Å². The van der Waals surface area contributed by atoms with Crippen LogP contribution in [0, 0.1) is 0 Å². The van der Waals surface area contributed by atoms with Gasteiger partial charge in [-0.2, -0.15) is 0 Å². The lowest BCUT2D eigenvalue weighted by atomic mass is 10.4. The summed E-state index contributed by atoms with van der Waals surface area (Å²) in [5, 5.41) is 1.35. The van der Waals surface area contributed by atoms with E-state index in [2.05, 4.69) is 42.1 Å². The van der Waals surface area contributed by atoms with Gasteiger partial charge in [0.15, 0.2) is 9.98 Å². The van der Waals surface area contributed by atoms with E-state index in [1.54, 1.807) is 4.90 Å². The maximum atomic E-state index is 2.27. The summed E-state index contributed by atoms with van der Waals surface area (Å²) >= 11 is 2.11. The van der Waals surface area contributed by atoms with E-state index in [1.807, 2.05) is 0 Å². The van der Waals surface area contributed by atoms with E-state index in [-0.39, 0.29) is 0 Å². The van der Waals surface area contributed by atoms with Crippen LogP contribution >= 0.6 is 11.8 Å². The fraction of sp³-hybridized carbons (Fsp3) is 0.400. The standard InChI is InChI=1S/C10H13S2/c1-2-5-10(6-3-1)12-8-4-7-11-9-12/h1-3,5-6H,4,7-9H2/q+1. The van der Waals surface area contributed by atoms with Crippen LogP contribution in [0.5, 0.6) is 0 Å². The molecule has 1 heterocycles. The molecule has 0 bridgehead atoms. The fourth-order valence-electron chi connectivity index (χ4n) is 1.35. The van der Waals surface area contributed by atoms with Gasteiger partial charge in [-0.15, -0.1) is 11.8 Å². The summed E-state index contributed by atoms with van der Waals surface area (Å²) in [7, 11) is 0.555. The zero-order valence-electron chi connectivity index (χ0n) is 7.03. The Balaban J connectivity index is 2.08. The summed E-state index contributed by atoms with van der Waals surface area (Å²) in [6.45, 7) is 0. The minimum Gasteiger partial charge on any atom is -0.108 e. The largest absolute Gasteiger partial charge is 0.159 e. The summed E-state index contributed by atoms with van der Waals surface area (Å²) in [5.41, 5.74) is 0. The van der Waals surface area contributed by atoms with Gasteiger partial charge in [0.2, 0.25) is 0 Å². The molecule has 1 aliphatic heterocycles. The van der Waals surface area contributed by atoms with Crippen LogP contribution in [0.4, 0.5) is 0 Å². The normalized spacial score (nSPS) is 23.8. The first kappa shape index (κ1) is 8.52. The highest BCUT2D eigenvalue weighted by Gasteiger charge is 2.24. The predicted octanol–water partition coefficient (Wildman–Crippen LogP) is 2.76. The molecule has 1 aliphatic rings. The molecule has 2 heteroatoms. The summed E-state index contributed by atoms with van der Waals surface area (Å²) < 4.78 is 0. The molecule has 0 nitrogen and oxygen atoms in total. The van der Waals surface area contributed by atoms with Crippen molar-refractivity contribution in [2.75, 3.05) is 16.6 Å². The second-order valence-electron chi connectivity index (χ2n) is 2.89. The van der Waals surface area contributed by atoms with Crippen molar-refractivity contribution < 1.29 is 0 Å². The molecule has 0 amide bonds. The summed E-state index contributed by atoms with van der Waals surface area (Å²) in [4.78, 5) is 1.56. The Hall–Kier alpha value is -0.0800. The van der Waals surface area contributed by atoms with Crippen molar-refractivity contribution in [1.82, 2.24) is 0 Å². The molecule has 1 aromatic carbocycles. The van der Waals surface area contributed by atoms with Gasteiger partial charge in [0.25, 0.3) is 0 Å². The van der Waals surface area contributed by atoms with Crippen molar-refractivity contribution in [1.29, 1.82) is 0 Å². The number of thioether (sulfide) groups is 1. The van der Waals surface area contributed by atoms with Crippen LogP contribution in [0.15, 0.2) is 35.2 Å². The van der Waals surface area contributed by atoms with Crippen LogP contribution in [0.1, 0.15) is 6.42 Å². The van der Waals surface area contributed by atoms with Crippen LogP contribution in [0.2, 0.25) is 0 Å². The van der Waals surface area contributed by atoms with E-state index in [0.717, 1.165) is 0 Å². The van der Waals surface area contributed by atoms with Gasteiger partial charge in [-0.3, -0.25) is 0 Å². The highest BCUT2D eigenvalue weighted by atomic mass is 32.2. The lowest BCUT2D eigenvalue weighted by Crippen LogP contribution is -2.16. The van der Waals surface area contributed by atoms with E-state index in [9.17, 15) is 0 Å². The van der Waals surface area contributed by atoms with E-state index in [4.69, 9.17) is 0 Å². The van der Waals surface area contributed by atoms with Crippen LogP contribution in [0.25, 0.3) is 0 Å². The quantitative estimate of drug-likeness (QED) is 0.624. The lowest BCUT2D eigenvalue weighted by Gasteiger charge is -2.12. The number of rotatable bonds is 1.